The highest BCUT2D eigenvalue weighted by molar-refractivity contribution is 5.71. The summed E-state index contributed by atoms with van der Waals surface area (Å²) in [6, 6.07) is -0.317. The summed E-state index contributed by atoms with van der Waals surface area (Å²) in [5.74, 6) is -1.36. The molecule has 9 heavy (non-hydrogen) atoms. The maximum Gasteiger partial charge on any atom is 0.310 e. The van der Waals surface area contributed by atoms with Crippen molar-refractivity contribution in [3.8, 4) is 0 Å². The van der Waals surface area contributed by atoms with Gasteiger partial charge in [-0.2, -0.15) is 0 Å². The topological polar surface area (TPSA) is 72.5 Å². The zero-order valence-electron chi connectivity index (χ0n) is 4.91. The molecule has 0 saturated carbocycles. The maximum absolute atomic E-state index is 10.3. The lowest BCUT2D eigenvalue weighted by Gasteiger charge is -2.04. The highest BCUT2D eigenvalue weighted by atomic mass is 16.5. The second-order valence-electron chi connectivity index (χ2n) is 2.15. The molecule has 0 spiro atoms. The number of carboxylic acid groups (broad SMARTS) is 1. The molecule has 0 radical (unpaired) electrons. The van der Waals surface area contributed by atoms with Crippen molar-refractivity contribution in [2.75, 3.05) is 13.2 Å². The van der Waals surface area contributed by atoms with E-state index in [4.69, 9.17) is 15.6 Å². The van der Waals surface area contributed by atoms with E-state index in [1.54, 1.807) is 0 Å². The van der Waals surface area contributed by atoms with Crippen molar-refractivity contribution in [3.63, 3.8) is 0 Å². The highest BCUT2D eigenvalue weighted by Gasteiger charge is 2.30. The minimum Gasteiger partial charge on any atom is -0.481 e. The van der Waals surface area contributed by atoms with E-state index in [1.807, 2.05) is 0 Å². The number of nitrogens with two attached hydrogens (primary N) is 1. The summed E-state index contributed by atoms with van der Waals surface area (Å²) in [6.45, 7) is 0.632. The van der Waals surface area contributed by atoms with Crippen LogP contribution in [0.5, 0.6) is 0 Å². The second kappa shape index (κ2) is 2.33. The average Bonchev–Trinajstić information content (AvgIpc) is 2.13. The molecule has 0 aromatic carbocycles. The normalized spacial score (nSPS) is 34.8. The molecule has 0 bridgehead atoms. The summed E-state index contributed by atoms with van der Waals surface area (Å²) in [4.78, 5) is 10.3. The second-order valence-corrected chi connectivity index (χ2v) is 2.15. The number of ether oxygens (including phenoxy) is 1. The quantitative estimate of drug-likeness (QED) is 0.481. The lowest BCUT2D eigenvalue weighted by atomic mass is 10.1. The number of aliphatic carboxylic acids is 1. The Kier molecular flexibility index (Phi) is 1.68. The first kappa shape index (κ1) is 6.51. The number of hydrogen-bond donors (Lipinski definition) is 2. The molecule has 0 amide bonds. The van der Waals surface area contributed by atoms with Crippen molar-refractivity contribution in [1.82, 2.24) is 0 Å². The van der Waals surface area contributed by atoms with Gasteiger partial charge in [0, 0.05) is 6.04 Å². The first-order valence-electron chi connectivity index (χ1n) is 2.78. The Hall–Kier alpha value is -0.610. The van der Waals surface area contributed by atoms with Gasteiger partial charge in [0.15, 0.2) is 0 Å². The molecule has 0 aromatic rings. The maximum atomic E-state index is 10.3. The van der Waals surface area contributed by atoms with Crippen LogP contribution in [0.3, 0.4) is 0 Å². The fourth-order valence-corrected chi connectivity index (χ4v) is 0.825. The molecule has 2 atom stereocenters. The number of rotatable bonds is 1. The summed E-state index contributed by atoms with van der Waals surface area (Å²) in [7, 11) is 0. The molecule has 1 heterocycles. The van der Waals surface area contributed by atoms with Gasteiger partial charge in [-0.15, -0.1) is 0 Å². The molecule has 3 N–H and O–H groups in total. The van der Waals surface area contributed by atoms with E-state index in [0.717, 1.165) is 0 Å². The fourth-order valence-electron chi connectivity index (χ4n) is 0.825. The Morgan fingerprint density at radius 2 is 2.33 bits per heavy atom. The van der Waals surface area contributed by atoms with E-state index in [-0.39, 0.29) is 12.6 Å². The third-order valence-electron chi connectivity index (χ3n) is 1.44. The van der Waals surface area contributed by atoms with Crippen LogP contribution in [0, 0.1) is 5.92 Å². The molecule has 1 saturated heterocycles. The molecule has 4 nitrogen and oxygen atoms in total. The lowest BCUT2D eigenvalue weighted by molar-refractivity contribution is -0.141. The molecular weight excluding hydrogens is 122 g/mol. The standard InChI is InChI=1S/C5H9NO3/c6-4-2-9-1-3(4)5(7)8/h3-4H,1-2,6H2,(H,7,8)/t3-,4+/m0/s1. The Bertz CT molecular complexity index is 125. The van der Waals surface area contributed by atoms with Crippen molar-refractivity contribution in [2.45, 2.75) is 6.04 Å². The zero-order chi connectivity index (χ0) is 6.85. The molecule has 0 aliphatic carbocycles. The van der Waals surface area contributed by atoms with Gasteiger partial charge in [0.05, 0.1) is 19.1 Å². The summed E-state index contributed by atoms with van der Waals surface area (Å²) in [6.07, 6.45) is 0. The van der Waals surface area contributed by atoms with Gasteiger partial charge >= 0.3 is 5.97 Å². The van der Waals surface area contributed by atoms with Gasteiger partial charge in [0.25, 0.3) is 0 Å². The van der Waals surface area contributed by atoms with Crippen LogP contribution in [0.4, 0.5) is 0 Å². The minimum atomic E-state index is -0.861. The van der Waals surface area contributed by atoms with Gasteiger partial charge < -0.3 is 15.6 Å². The van der Waals surface area contributed by atoms with E-state index in [2.05, 4.69) is 0 Å². The summed E-state index contributed by atoms with van der Waals surface area (Å²) in [5.41, 5.74) is 5.37. The summed E-state index contributed by atoms with van der Waals surface area (Å²) in [5, 5.41) is 8.42. The summed E-state index contributed by atoms with van der Waals surface area (Å²) < 4.78 is 4.82. The van der Waals surface area contributed by atoms with Crippen molar-refractivity contribution in [1.29, 1.82) is 0 Å². The minimum absolute atomic E-state index is 0.260. The number of carbonyl (C=O) groups is 1. The predicted octanol–water partition coefficient (Wildman–Crippen LogP) is -0.955. The summed E-state index contributed by atoms with van der Waals surface area (Å²) >= 11 is 0. The van der Waals surface area contributed by atoms with Gasteiger partial charge in [-0.3, -0.25) is 4.79 Å². The molecule has 1 aliphatic heterocycles. The largest absolute Gasteiger partial charge is 0.481 e. The van der Waals surface area contributed by atoms with E-state index in [9.17, 15) is 4.79 Å². The zero-order valence-corrected chi connectivity index (χ0v) is 4.91. The van der Waals surface area contributed by atoms with Gasteiger partial charge in [-0.1, -0.05) is 0 Å². The molecule has 0 aromatic heterocycles. The monoisotopic (exact) mass is 131 g/mol. The van der Waals surface area contributed by atoms with E-state index in [0.29, 0.717) is 6.61 Å². The molecule has 52 valence electrons. The lowest BCUT2D eigenvalue weighted by Crippen LogP contribution is -2.33. The van der Waals surface area contributed by atoms with Crippen LogP contribution in [0.2, 0.25) is 0 Å². The molecule has 4 heteroatoms. The van der Waals surface area contributed by atoms with E-state index >= 15 is 0 Å². The van der Waals surface area contributed by atoms with Gasteiger partial charge in [-0.05, 0) is 0 Å². The first-order valence-corrected chi connectivity index (χ1v) is 2.78. The molecule has 1 fully saturated rings. The van der Waals surface area contributed by atoms with Crippen molar-refractivity contribution >= 4 is 5.97 Å². The van der Waals surface area contributed by atoms with Gasteiger partial charge in [-0.25, -0.2) is 0 Å². The average molecular weight is 131 g/mol. The van der Waals surface area contributed by atoms with Crippen LogP contribution in [0.1, 0.15) is 0 Å². The molecule has 1 aliphatic rings. The predicted molar refractivity (Wildman–Crippen MR) is 29.9 cm³/mol. The molecular formula is C5H9NO3. The fraction of sp³-hybridized carbons (Fsp3) is 0.800. The smallest absolute Gasteiger partial charge is 0.310 e. The Balaban J connectivity index is 2.49. The Morgan fingerprint density at radius 3 is 2.56 bits per heavy atom. The van der Waals surface area contributed by atoms with Crippen LogP contribution >= 0.6 is 0 Å². The molecule has 0 unspecified atom stereocenters. The van der Waals surface area contributed by atoms with Gasteiger partial charge in [0.1, 0.15) is 0 Å². The van der Waals surface area contributed by atoms with E-state index in [1.165, 1.54) is 0 Å². The van der Waals surface area contributed by atoms with Crippen LogP contribution in [-0.2, 0) is 9.53 Å². The van der Waals surface area contributed by atoms with Crippen molar-refractivity contribution in [3.05, 3.63) is 0 Å². The van der Waals surface area contributed by atoms with Gasteiger partial charge in [0.2, 0.25) is 0 Å². The number of carboxylic acids is 1. The SMILES string of the molecule is N[C@@H]1COC[C@@H]1C(=O)O. The molecule has 1 rings (SSSR count). The third kappa shape index (κ3) is 1.20. The first-order chi connectivity index (χ1) is 4.22. The Morgan fingerprint density at radius 1 is 1.67 bits per heavy atom. The van der Waals surface area contributed by atoms with Crippen LogP contribution in [0.15, 0.2) is 0 Å². The van der Waals surface area contributed by atoms with Crippen LogP contribution in [0.25, 0.3) is 0 Å². The third-order valence-corrected chi connectivity index (χ3v) is 1.44. The van der Waals surface area contributed by atoms with Crippen LogP contribution in [-0.4, -0.2) is 30.3 Å². The van der Waals surface area contributed by atoms with Crippen molar-refractivity contribution in [2.24, 2.45) is 11.7 Å². The van der Waals surface area contributed by atoms with Crippen LogP contribution < -0.4 is 5.73 Å². The van der Waals surface area contributed by atoms with Crippen molar-refractivity contribution < 1.29 is 14.6 Å². The highest BCUT2D eigenvalue weighted by Crippen LogP contribution is 2.10. The van der Waals surface area contributed by atoms with E-state index < -0.39 is 11.9 Å². The Labute approximate surface area is 52.6 Å². The number of hydrogen-bond acceptors (Lipinski definition) is 3.